The molecule has 0 saturated carbocycles. The zero-order valence-corrected chi connectivity index (χ0v) is 14.5. The van der Waals surface area contributed by atoms with Crippen molar-refractivity contribution >= 4 is 44.9 Å². The largest absolute Gasteiger partial charge is 0.449 e. The van der Waals surface area contributed by atoms with Crippen LogP contribution in [0.25, 0.3) is 0 Å². The number of benzene rings is 1. The van der Waals surface area contributed by atoms with E-state index in [1.54, 1.807) is 0 Å². The van der Waals surface area contributed by atoms with E-state index in [9.17, 15) is 18.0 Å². The molecular formula is C14H15Cl2NO5S. The summed E-state index contributed by atoms with van der Waals surface area (Å²) in [4.78, 5) is 23.9. The van der Waals surface area contributed by atoms with Crippen LogP contribution in [0.3, 0.4) is 0 Å². The predicted octanol–water partition coefficient (Wildman–Crippen LogP) is 1.84. The van der Waals surface area contributed by atoms with Crippen molar-refractivity contribution in [2.45, 2.75) is 25.5 Å². The number of sulfone groups is 1. The van der Waals surface area contributed by atoms with E-state index in [0.717, 1.165) is 0 Å². The van der Waals surface area contributed by atoms with Gasteiger partial charge in [0.05, 0.1) is 27.1 Å². The van der Waals surface area contributed by atoms with Crippen molar-refractivity contribution < 1.29 is 22.7 Å². The number of esters is 1. The molecule has 6 nitrogen and oxygen atoms in total. The topological polar surface area (TPSA) is 89.5 Å². The van der Waals surface area contributed by atoms with Crippen LogP contribution in [0, 0.1) is 0 Å². The molecule has 1 N–H and O–H groups in total. The Kier molecular flexibility index (Phi) is 5.54. The van der Waals surface area contributed by atoms with Crippen molar-refractivity contribution in [2.75, 3.05) is 11.5 Å². The van der Waals surface area contributed by atoms with E-state index < -0.39 is 33.9 Å². The molecule has 1 aliphatic heterocycles. The van der Waals surface area contributed by atoms with Gasteiger partial charge in [0.2, 0.25) is 0 Å². The molecule has 0 radical (unpaired) electrons. The SMILES string of the molecule is C[C@H](OC(=O)c1ccc(Cl)c(Cl)c1)C(=O)N[C@@H]1CCS(=O)(=O)C1. The minimum Gasteiger partial charge on any atom is -0.449 e. The first-order valence-electron chi connectivity index (χ1n) is 6.85. The van der Waals surface area contributed by atoms with Gasteiger partial charge < -0.3 is 10.1 Å². The van der Waals surface area contributed by atoms with Gasteiger partial charge in [-0.2, -0.15) is 0 Å². The number of halogens is 2. The van der Waals surface area contributed by atoms with Crippen molar-refractivity contribution in [3.63, 3.8) is 0 Å². The third kappa shape index (κ3) is 4.83. The summed E-state index contributed by atoms with van der Waals surface area (Å²) in [5.74, 6) is -1.30. The monoisotopic (exact) mass is 379 g/mol. The van der Waals surface area contributed by atoms with Crippen LogP contribution in [0.5, 0.6) is 0 Å². The van der Waals surface area contributed by atoms with Crippen molar-refractivity contribution in [1.29, 1.82) is 0 Å². The summed E-state index contributed by atoms with van der Waals surface area (Å²) in [6.45, 7) is 1.41. The first kappa shape index (κ1) is 18.0. The molecule has 0 aromatic heterocycles. The molecule has 9 heteroatoms. The second-order valence-corrected chi connectivity index (χ2v) is 8.33. The zero-order chi connectivity index (χ0) is 17.2. The number of amides is 1. The van der Waals surface area contributed by atoms with Crippen LogP contribution in [0.1, 0.15) is 23.7 Å². The van der Waals surface area contributed by atoms with Gasteiger partial charge in [-0.1, -0.05) is 23.2 Å². The Bertz CT molecular complexity index is 735. The lowest BCUT2D eigenvalue weighted by Crippen LogP contribution is -2.42. The van der Waals surface area contributed by atoms with Crippen LogP contribution in [0.4, 0.5) is 0 Å². The molecule has 1 aromatic carbocycles. The molecule has 1 aromatic rings. The summed E-state index contributed by atoms with van der Waals surface area (Å²) >= 11 is 11.6. The van der Waals surface area contributed by atoms with Gasteiger partial charge in [0.1, 0.15) is 0 Å². The summed E-state index contributed by atoms with van der Waals surface area (Å²) in [5, 5.41) is 3.07. The summed E-state index contributed by atoms with van der Waals surface area (Å²) in [7, 11) is -3.09. The lowest BCUT2D eigenvalue weighted by atomic mass is 10.2. The van der Waals surface area contributed by atoms with E-state index in [1.165, 1.54) is 25.1 Å². The van der Waals surface area contributed by atoms with E-state index in [1.807, 2.05) is 0 Å². The fraction of sp³-hybridized carbons (Fsp3) is 0.429. The van der Waals surface area contributed by atoms with E-state index in [4.69, 9.17) is 27.9 Å². The van der Waals surface area contributed by atoms with E-state index >= 15 is 0 Å². The molecule has 2 rings (SSSR count). The maximum atomic E-state index is 12.0. The highest BCUT2D eigenvalue weighted by atomic mass is 35.5. The summed E-state index contributed by atoms with van der Waals surface area (Å²) in [6, 6.07) is 3.79. The molecule has 0 spiro atoms. The maximum Gasteiger partial charge on any atom is 0.338 e. The van der Waals surface area contributed by atoms with E-state index in [2.05, 4.69) is 5.32 Å². The zero-order valence-electron chi connectivity index (χ0n) is 12.2. The Labute approximate surface area is 144 Å². The number of rotatable bonds is 4. The molecule has 1 fully saturated rings. The van der Waals surface area contributed by atoms with E-state index in [-0.39, 0.29) is 22.1 Å². The fourth-order valence-corrected chi connectivity index (χ4v) is 4.10. The molecular weight excluding hydrogens is 365 g/mol. The Morgan fingerprint density at radius 1 is 1.30 bits per heavy atom. The third-order valence-electron chi connectivity index (χ3n) is 3.39. The second-order valence-electron chi connectivity index (χ2n) is 5.28. The average molecular weight is 380 g/mol. The molecule has 0 unspecified atom stereocenters. The van der Waals surface area contributed by atoms with Crippen molar-refractivity contribution in [3.05, 3.63) is 33.8 Å². The Morgan fingerprint density at radius 2 is 2.00 bits per heavy atom. The van der Waals surface area contributed by atoms with Gasteiger partial charge in [-0.25, -0.2) is 13.2 Å². The summed E-state index contributed by atoms with van der Waals surface area (Å²) < 4.78 is 27.8. The normalized spacial score (nSPS) is 20.7. The van der Waals surface area contributed by atoms with Crippen LogP contribution in [0.15, 0.2) is 18.2 Å². The Balaban J connectivity index is 1.92. The van der Waals surface area contributed by atoms with Crippen LogP contribution >= 0.6 is 23.2 Å². The number of carbonyl (C=O) groups is 2. The van der Waals surface area contributed by atoms with Crippen molar-refractivity contribution in [1.82, 2.24) is 5.32 Å². The number of carbonyl (C=O) groups excluding carboxylic acids is 2. The van der Waals surface area contributed by atoms with Crippen LogP contribution in [0.2, 0.25) is 10.0 Å². The van der Waals surface area contributed by atoms with Crippen LogP contribution < -0.4 is 5.32 Å². The number of ether oxygens (including phenoxy) is 1. The summed E-state index contributed by atoms with van der Waals surface area (Å²) in [6.07, 6.45) is -0.693. The van der Waals surface area contributed by atoms with Gasteiger partial charge >= 0.3 is 5.97 Å². The van der Waals surface area contributed by atoms with E-state index in [0.29, 0.717) is 11.4 Å². The van der Waals surface area contributed by atoms with Crippen molar-refractivity contribution in [2.24, 2.45) is 0 Å². The molecule has 1 amide bonds. The lowest BCUT2D eigenvalue weighted by Gasteiger charge is -2.16. The van der Waals surface area contributed by atoms with Gasteiger partial charge in [0, 0.05) is 6.04 Å². The highest BCUT2D eigenvalue weighted by Crippen LogP contribution is 2.23. The third-order valence-corrected chi connectivity index (χ3v) is 5.89. The molecule has 2 atom stereocenters. The van der Waals surface area contributed by atoms with Crippen LogP contribution in [-0.4, -0.2) is 43.9 Å². The maximum absolute atomic E-state index is 12.0. The number of hydrogen-bond donors (Lipinski definition) is 1. The van der Waals surface area contributed by atoms with Gasteiger partial charge in [0.25, 0.3) is 5.91 Å². The second kappa shape index (κ2) is 7.07. The minimum atomic E-state index is -3.09. The number of hydrogen-bond acceptors (Lipinski definition) is 5. The van der Waals surface area contributed by atoms with Gasteiger partial charge in [-0.15, -0.1) is 0 Å². The first-order valence-corrected chi connectivity index (χ1v) is 9.42. The van der Waals surface area contributed by atoms with Crippen LogP contribution in [-0.2, 0) is 19.4 Å². The molecule has 1 saturated heterocycles. The fourth-order valence-electron chi connectivity index (χ4n) is 2.13. The average Bonchev–Trinajstić information content (AvgIpc) is 2.80. The van der Waals surface area contributed by atoms with Crippen molar-refractivity contribution in [3.8, 4) is 0 Å². The molecule has 0 aliphatic carbocycles. The molecule has 1 heterocycles. The Morgan fingerprint density at radius 3 is 2.57 bits per heavy atom. The first-order chi connectivity index (χ1) is 10.7. The predicted molar refractivity (Wildman–Crippen MR) is 86.5 cm³/mol. The lowest BCUT2D eigenvalue weighted by molar-refractivity contribution is -0.129. The molecule has 23 heavy (non-hydrogen) atoms. The minimum absolute atomic E-state index is 0.0510. The quantitative estimate of drug-likeness (QED) is 0.806. The smallest absolute Gasteiger partial charge is 0.338 e. The molecule has 126 valence electrons. The molecule has 0 bridgehead atoms. The van der Waals surface area contributed by atoms with Gasteiger partial charge in [0.15, 0.2) is 15.9 Å². The standard InChI is InChI=1S/C14H15Cl2NO5S/c1-8(13(18)17-10-4-5-23(20,21)7-10)22-14(19)9-2-3-11(15)12(16)6-9/h2-3,6,8,10H,4-5,7H2,1H3,(H,17,18)/t8-,10+/m0/s1. The van der Waals surface area contributed by atoms with Gasteiger partial charge in [-0.3, -0.25) is 4.79 Å². The highest BCUT2D eigenvalue weighted by molar-refractivity contribution is 7.91. The highest BCUT2D eigenvalue weighted by Gasteiger charge is 2.30. The number of nitrogens with one attached hydrogen (secondary N) is 1. The Hall–Kier alpha value is -1.31. The summed E-state index contributed by atoms with van der Waals surface area (Å²) in [5.41, 5.74) is 0.169. The molecule has 1 aliphatic rings. The van der Waals surface area contributed by atoms with Gasteiger partial charge in [-0.05, 0) is 31.5 Å².